The molecule has 5 heteroatoms. The van der Waals surface area contributed by atoms with Gasteiger partial charge in [0.15, 0.2) is 0 Å². The highest BCUT2D eigenvalue weighted by molar-refractivity contribution is 7.99. The summed E-state index contributed by atoms with van der Waals surface area (Å²) in [6.45, 7) is 12.8. The van der Waals surface area contributed by atoms with Gasteiger partial charge in [-0.25, -0.2) is 0 Å². The fourth-order valence-electron chi connectivity index (χ4n) is 4.08. The second-order valence-corrected chi connectivity index (χ2v) is 9.09. The van der Waals surface area contributed by atoms with Gasteiger partial charge >= 0.3 is 0 Å². The van der Waals surface area contributed by atoms with E-state index < -0.39 is 0 Å². The summed E-state index contributed by atoms with van der Waals surface area (Å²) >= 11 is 1.82. The van der Waals surface area contributed by atoms with Crippen molar-refractivity contribution in [1.82, 2.24) is 10.2 Å². The van der Waals surface area contributed by atoms with Gasteiger partial charge in [0.05, 0.1) is 17.8 Å². The molecule has 30 heavy (non-hydrogen) atoms. The Morgan fingerprint density at radius 3 is 2.57 bits per heavy atom. The minimum Gasteiger partial charge on any atom is -0.356 e. The van der Waals surface area contributed by atoms with Gasteiger partial charge in [-0.2, -0.15) is 0 Å². The number of likely N-dealkylation sites (N-methyl/N-ethyl adjacent to an activating group) is 1. The lowest BCUT2D eigenvalue weighted by Crippen LogP contribution is -2.41. The largest absolute Gasteiger partial charge is 0.356 e. The Morgan fingerprint density at radius 2 is 1.83 bits per heavy atom. The second-order valence-electron chi connectivity index (χ2n) is 8.01. The molecule has 0 radical (unpaired) electrons. The standard InChI is InChI=1S/C25H35N3OS/c1-5-14-26-25(29)17-20-12-13-24-22(16-20)28(19(4)18-27(7-3)15-6-2)21-10-8-9-11-23(21)30-24/h8-13,16,19H,5-7,14-15,17-18H2,1-4H3,(H,26,29). The van der Waals surface area contributed by atoms with E-state index in [0.29, 0.717) is 12.5 Å². The Kier molecular flexibility index (Phi) is 8.23. The van der Waals surface area contributed by atoms with Crippen LogP contribution < -0.4 is 10.2 Å². The van der Waals surface area contributed by atoms with Crippen molar-refractivity contribution in [2.24, 2.45) is 0 Å². The van der Waals surface area contributed by atoms with Crippen LogP contribution in [0.5, 0.6) is 0 Å². The number of fused-ring (bicyclic) bond motifs is 2. The Bertz CT molecular complexity index is 854. The van der Waals surface area contributed by atoms with Crippen LogP contribution in [0.4, 0.5) is 11.4 Å². The van der Waals surface area contributed by atoms with Gasteiger partial charge in [0.25, 0.3) is 0 Å². The number of carbonyl (C=O) groups is 1. The van der Waals surface area contributed by atoms with E-state index in [-0.39, 0.29) is 5.91 Å². The highest BCUT2D eigenvalue weighted by Crippen LogP contribution is 2.49. The first-order valence-corrected chi connectivity index (χ1v) is 12.1. The molecular weight excluding hydrogens is 390 g/mol. The third-order valence-corrected chi connectivity index (χ3v) is 6.64. The van der Waals surface area contributed by atoms with Crippen LogP contribution in [0.3, 0.4) is 0 Å². The summed E-state index contributed by atoms with van der Waals surface area (Å²) in [7, 11) is 0. The summed E-state index contributed by atoms with van der Waals surface area (Å²) in [4.78, 5) is 19.8. The summed E-state index contributed by atoms with van der Waals surface area (Å²) in [6, 6.07) is 15.5. The number of hydrogen-bond acceptors (Lipinski definition) is 4. The molecule has 2 aromatic rings. The number of para-hydroxylation sites is 1. The maximum atomic E-state index is 12.3. The first-order chi connectivity index (χ1) is 14.6. The second kappa shape index (κ2) is 10.9. The summed E-state index contributed by atoms with van der Waals surface area (Å²) < 4.78 is 0. The highest BCUT2D eigenvalue weighted by Gasteiger charge is 2.28. The molecule has 1 unspecified atom stereocenters. The van der Waals surface area contributed by atoms with Crippen molar-refractivity contribution in [2.45, 2.75) is 62.8 Å². The van der Waals surface area contributed by atoms with E-state index >= 15 is 0 Å². The van der Waals surface area contributed by atoms with Gasteiger partial charge in [-0.05, 0) is 62.7 Å². The summed E-state index contributed by atoms with van der Waals surface area (Å²) in [5.74, 6) is 0.0976. The molecule has 162 valence electrons. The molecule has 2 aromatic carbocycles. The minimum absolute atomic E-state index is 0.0976. The van der Waals surface area contributed by atoms with Crippen molar-refractivity contribution in [3.05, 3.63) is 48.0 Å². The zero-order valence-corrected chi connectivity index (χ0v) is 19.6. The summed E-state index contributed by atoms with van der Waals surface area (Å²) in [5, 5.41) is 2.99. The minimum atomic E-state index is 0.0976. The number of carbonyl (C=O) groups excluding carboxylic acids is 1. The van der Waals surface area contributed by atoms with Gasteiger partial charge in [-0.15, -0.1) is 0 Å². The van der Waals surface area contributed by atoms with E-state index in [2.05, 4.69) is 85.3 Å². The fraction of sp³-hybridized carbons (Fsp3) is 0.480. The molecule has 0 saturated heterocycles. The number of amides is 1. The first-order valence-electron chi connectivity index (χ1n) is 11.2. The van der Waals surface area contributed by atoms with Crippen LogP contribution in [0.25, 0.3) is 0 Å². The van der Waals surface area contributed by atoms with Gasteiger partial charge in [0.1, 0.15) is 0 Å². The highest BCUT2D eigenvalue weighted by atomic mass is 32.2. The molecule has 0 aromatic heterocycles. The van der Waals surface area contributed by atoms with Crippen molar-refractivity contribution in [3.8, 4) is 0 Å². The third-order valence-electron chi connectivity index (χ3n) is 5.51. The normalized spacial score (nSPS) is 13.7. The molecule has 1 aliphatic rings. The molecule has 3 rings (SSSR count). The zero-order chi connectivity index (χ0) is 21.5. The van der Waals surface area contributed by atoms with E-state index in [0.717, 1.165) is 38.2 Å². The van der Waals surface area contributed by atoms with Crippen LogP contribution in [0, 0.1) is 0 Å². The van der Waals surface area contributed by atoms with E-state index in [1.807, 2.05) is 11.8 Å². The molecule has 0 bridgehead atoms. The van der Waals surface area contributed by atoms with Crippen molar-refractivity contribution in [3.63, 3.8) is 0 Å². The van der Waals surface area contributed by atoms with Gasteiger partial charge < -0.3 is 15.1 Å². The molecule has 0 fully saturated rings. The third kappa shape index (κ3) is 5.38. The van der Waals surface area contributed by atoms with Crippen molar-refractivity contribution in [1.29, 1.82) is 0 Å². The molecule has 0 spiro atoms. The number of hydrogen-bond donors (Lipinski definition) is 1. The number of benzene rings is 2. The molecule has 0 saturated carbocycles. The average Bonchev–Trinajstić information content (AvgIpc) is 2.75. The summed E-state index contributed by atoms with van der Waals surface area (Å²) in [5.41, 5.74) is 3.56. The predicted octanol–water partition coefficient (Wildman–Crippen LogP) is 5.48. The maximum absolute atomic E-state index is 12.3. The van der Waals surface area contributed by atoms with E-state index in [1.54, 1.807) is 0 Å². The SMILES string of the molecule is CCCNC(=O)Cc1ccc2c(c1)N(C(C)CN(CC)CCC)c1ccccc1S2. The lowest BCUT2D eigenvalue weighted by atomic mass is 10.1. The fourth-order valence-corrected chi connectivity index (χ4v) is 5.13. The monoisotopic (exact) mass is 425 g/mol. The number of anilines is 2. The molecule has 4 nitrogen and oxygen atoms in total. The van der Waals surface area contributed by atoms with Crippen molar-refractivity contribution >= 4 is 29.0 Å². The molecular formula is C25H35N3OS. The number of rotatable bonds is 10. The van der Waals surface area contributed by atoms with Crippen molar-refractivity contribution < 1.29 is 4.79 Å². The van der Waals surface area contributed by atoms with E-state index in [4.69, 9.17) is 0 Å². The topological polar surface area (TPSA) is 35.6 Å². The van der Waals surface area contributed by atoms with Crippen molar-refractivity contribution in [2.75, 3.05) is 31.1 Å². The van der Waals surface area contributed by atoms with E-state index in [9.17, 15) is 4.79 Å². The van der Waals surface area contributed by atoms with Crippen LogP contribution in [0.2, 0.25) is 0 Å². The first kappa shape index (κ1) is 22.7. The molecule has 1 atom stereocenters. The summed E-state index contributed by atoms with van der Waals surface area (Å²) in [6.07, 6.45) is 2.56. The Hall–Kier alpha value is -1.98. The number of nitrogens with one attached hydrogen (secondary N) is 1. The maximum Gasteiger partial charge on any atom is 0.224 e. The number of nitrogens with zero attached hydrogens (tertiary/aromatic N) is 2. The molecule has 0 aliphatic carbocycles. The van der Waals surface area contributed by atoms with Crippen LogP contribution in [-0.2, 0) is 11.2 Å². The molecule has 1 N–H and O–H groups in total. The van der Waals surface area contributed by atoms with E-state index in [1.165, 1.54) is 27.6 Å². The molecule has 1 aliphatic heterocycles. The Labute approximate surface area is 186 Å². The van der Waals surface area contributed by atoms with Gasteiger partial charge in [0.2, 0.25) is 5.91 Å². The van der Waals surface area contributed by atoms with Gasteiger partial charge in [-0.3, -0.25) is 4.79 Å². The Balaban J connectivity index is 1.91. The lowest BCUT2D eigenvalue weighted by Gasteiger charge is -2.39. The molecule has 1 heterocycles. The van der Waals surface area contributed by atoms with Crippen LogP contribution >= 0.6 is 11.8 Å². The predicted molar refractivity (Wildman–Crippen MR) is 128 cm³/mol. The van der Waals surface area contributed by atoms with Gasteiger partial charge in [-0.1, -0.05) is 50.7 Å². The smallest absolute Gasteiger partial charge is 0.224 e. The quantitative estimate of drug-likeness (QED) is 0.547. The van der Waals surface area contributed by atoms with Crippen LogP contribution in [0.1, 0.15) is 46.1 Å². The zero-order valence-electron chi connectivity index (χ0n) is 18.8. The van der Waals surface area contributed by atoms with Crippen LogP contribution in [0.15, 0.2) is 52.3 Å². The Morgan fingerprint density at radius 1 is 1.07 bits per heavy atom. The average molecular weight is 426 g/mol. The molecule has 1 amide bonds. The van der Waals surface area contributed by atoms with Crippen LogP contribution in [-0.4, -0.2) is 43.0 Å². The van der Waals surface area contributed by atoms with Gasteiger partial charge in [0, 0.05) is 28.9 Å². The lowest BCUT2D eigenvalue weighted by molar-refractivity contribution is -0.120.